The van der Waals surface area contributed by atoms with Gasteiger partial charge in [-0.2, -0.15) is 0 Å². The quantitative estimate of drug-likeness (QED) is 0.433. The second-order valence-corrected chi connectivity index (χ2v) is 8.54. The molecule has 0 aliphatic carbocycles. The molecule has 0 aliphatic heterocycles. The lowest BCUT2D eigenvalue weighted by molar-refractivity contribution is -0.113. The number of hydrogen-bond acceptors (Lipinski definition) is 7. The maximum atomic E-state index is 12.4. The molecular formula is C21H20N6OS2. The zero-order valence-electron chi connectivity index (χ0n) is 16.6. The van der Waals surface area contributed by atoms with Gasteiger partial charge in [0, 0.05) is 11.3 Å². The number of rotatable bonds is 7. The van der Waals surface area contributed by atoms with Crippen molar-refractivity contribution in [1.82, 2.24) is 25.0 Å². The zero-order valence-corrected chi connectivity index (χ0v) is 18.2. The van der Waals surface area contributed by atoms with Crippen LogP contribution in [0.1, 0.15) is 17.5 Å². The first-order valence-corrected chi connectivity index (χ1v) is 11.3. The second kappa shape index (κ2) is 9.19. The molecule has 2 aromatic heterocycles. The minimum atomic E-state index is -0.154. The molecule has 0 unspecified atom stereocenters. The van der Waals surface area contributed by atoms with E-state index in [0.29, 0.717) is 10.3 Å². The van der Waals surface area contributed by atoms with E-state index in [1.165, 1.54) is 23.1 Å². The van der Waals surface area contributed by atoms with Gasteiger partial charge in [0.2, 0.25) is 11.0 Å². The fourth-order valence-electron chi connectivity index (χ4n) is 2.87. The lowest BCUT2D eigenvalue weighted by Crippen LogP contribution is -2.14. The molecule has 2 heterocycles. The van der Waals surface area contributed by atoms with Gasteiger partial charge in [-0.1, -0.05) is 72.5 Å². The van der Waals surface area contributed by atoms with Gasteiger partial charge >= 0.3 is 0 Å². The van der Waals surface area contributed by atoms with Crippen molar-refractivity contribution >= 4 is 34.1 Å². The van der Waals surface area contributed by atoms with E-state index in [2.05, 4.69) is 31.8 Å². The number of anilines is 1. The van der Waals surface area contributed by atoms with E-state index in [1.807, 2.05) is 66.9 Å². The molecule has 0 spiro atoms. The summed E-state index contributed by atoms with van der Waals surface area (Å²) in [5.74, 6) is 0.777. The first kappa shape index (κ1) is 20.2. The van der Waals surface area contributed by atoms with Crippen LogP contribution in [-0.4, -0.2) is 36.6 Å². The van der Waals surface area contributed by atoms with Crippen LogP contribution in [0.3, 0.4) is 0 Å². The monoisotopic (exact) mass is 436 g/mol. The second-order valence-electron chi connectivity index (χ2n) is 6.54. The van der Waals surface area contributed by atoms with Crippen molar-refractivity contribution in [1.29, 1.82) is 0 Å². The van der Waals surface area contributed by atoms with Crippen LogP contribution in [0.15, 0.2) is 59.8 Å². The summed E-state index contributed by atoms with van der Waals surface area (Å²) >= 11 is 2.73. The summed E-state index contributed by atoms with van der Waals surface area (Å²) in [5, 5.41) is 21.7. The van der Waals surface area contributed by atoms with Crippen molar-refractivity contribution in [2.75, 3.05) is 11.1 Å². The summed E-state index contributed by atoms with van der Waals surface area (Å²) in [4.78, 5) is 12.4. The van der Waals surface area contributed by atoms with Gasteiger partial charge in [-0.25, -0.2) is 0 Å². The predicted molar refractivity (Wildman–Crippen MR) is 120 cm³/mol. The summed E-state index contributed by atoms with van der Waals surface area (Å²) in [7, 11) is 0. The van der Waals surface area contributed by atoms with Crippen molar-refractivity contribution in [3.63, 3.8) is 0 Å². The Hall–Kier alpha value is -3.04. The highest BCUT2D eigenvalue weighted by molar-refractivity contribution is 7.99. The van der Waals surface area contributed by atoms with Crippen molar-refractivity contribution in [2.24, 2.45) is 0 Å². The van der Waals surface area contributed by atoms with Gasteiger partial charge in [0.05, 0.1) is 5.75 Å². The minimum Gasteiger partial charge on any atom is -0.300 e. The average Bonchev–Trinajstić information content (AvgIpc) is 3.39. The molecule has 0 bridgehead atoms. The van der Waals surface area contributed by atoms with E-state index in [9.17, 15) is 4.79 Å². The lowest BCUT2D eigenvalue weighted by Gasteiger charge is -2.11. The van der Waals surface area contributed by atoms with Crippen LogP contribution in [0, 0.1) is 6.92 Å². The molecular weight excluding hydrogens is 416 g/mol. The number of aromatic nitrogens is 5. The Labute approximate surface area is 182 Å². The molecule has 0 saturated heterocycles. The van der Waals surface area contributed by atoms with Gasteiger partial charge in [-0.05, 0) is 31.0 Å². The third-order valence-corrected chi connectivity index (χ3v) is 6.19. The maximum Gasteiger partial charge on any atom is 0.236 e. The normalized spacial score (nSPS) is 10.9. The molecule has 0 aliphatic rings. The third-order valence-electron chi connectivity index (χ3n) is 4.27. The van der Waals surface area contributed by atoms with Crippen molar-refractivity contribution in [2.45, 2.75) is 25.4 Å². The number of carbonyl (C=O) groups excluding carboxylic acids is 1. The summed E-state index contributed by atoms with van der Waals surface area (Å²) in [6.07, 6.45) is 0.796. The van der Waals surface area contributed by atoms with Gasteiger partial charge < -0.3 is 0 Å². The molecule has 0 saturated carbocycles. The zero-order chi connectivity index (χ0) is 20.9. The smallest absolute Gasteiger partial charge is 0.236 e. The summed E-state index contributed by atoms with van der Waals surface area (Å²) < 4.78 is 1.99. The minimum absolute atomic E-state index is 0.154. The van der Waals surface area contributed by atoms with Crippen LogP contribution < -0.4 is 5.32 Å². The molecule has 2 aromatic carbocycles. The third kappa shape index (κ3) is 4.58. The fourth-order valence-corrected chi connectivity index (χ4v) is 4.32. The number of carbonyl (C=O) groups is 1. The number of nitrogens with one attached hydrogen (secondary N) is 1. The van der Waals surface area contributed by atoms with Gasteiger partial charge in [0.25, 0.3) is 0 Å². The Kier molecular flexibility index (Phi) is 6.20. The maximum absolute atomic E-state index is 12.4. The molecule has 30 heavy (non-hydrogen) atoms. The van der Waals surface area contributed by atoms with E-state index >= 15 is 0 Å². The van der Waals surface area contributed by atoms with Crippen LogP contribution in [0.2, 0.25) is 0 Å². The summed E-state index contributed by atoms with van der Waals surface area (Å²) in [5.41, 5.74) is 3.05. The van der Waals surface area contributed by atoms with Crippen molar-refractivity contribution in [3.8, 4) is 17.1 Å². The fraction of sp³-hybridized carbons (Fsp3) is 0.190. The highest BCUT2D eigenvalue weighted by Gasteiger charge is 2.18. The first-order valence-electron chi connectivity index (χ1n) is 9.47. The number of hydrogen-bond donors (Lipinski definition) is 1. The van der Waals surface area contributed by atoms with Gasteiger partial charge in [0.15, 0.2) is 11.0 Å². The molecule has 0 atom stereocenters. The molecule has 0 radical (unpaired) electrons. The molecule has 152 valence electrons. The highest BCUT2D eigenvalue weighted by atomic mass is 32.2. The Morgan fingerprint density at radius 2 is 1.90 bits per heavy atom. The molecule has 0 fully saturated rings. The molecule has 4 aromatic rings. The van der Waals surface area contributed by atoms with Crippen molar-refractivity contribution < 1.29 is 4.79 Å². The molecule has 9 heteroatoms. The standard InChI is InChI=1S/C21H20N6OS2/c1-3-18-23-25-20(30-18)22-17(28)13-29-21-26-24-19(15-9-5-4-6-10-15)27(21)16-11-7-8-14(2)12-16/h4-12H,3,13H2,1-2H3,(H,22,25,28). The Morgan fingerprint density at radius 1 is 1.07 bits per heavy atom. The van der Waals surface area contributed by atoms with E-state index in [-0.39, 0.29) is 11.7 Å². The largest absolute Gasteiger partial charge is 0.300 e. The molecule has 1 N–H and O–H groups in total. The van der Waals surface area contributed by atoms with Gasteiger partial charge in [-0.3, -0.25) is 14.7 Å². The Bertz CT molecular complexity index is 1160. The predicted octanol–water partition coefficient (Wildman–Crippen LogP) is 4.39. The van der Waals surface area contributed by atoms with Crippen LogP contribution in [0.4, 0.5) is 5.13 Å². The van der Waals surface area contributed by atoms with Crippen LogP contribution >= 0.6 is 23.1 Å². The van der Waals surface area contributed by atoms with Crippen LogP contribution in [0.25, 0.3) is 17.1 Å². The number of amides is 1. The van der Waals surface area contributed by atoms with Crippen LogP contribution in [0.5, 0.6) is 0 Å². The number of thioether (sulfide) groups is 1. The lowest BCUT2D eigenvalue weighted by atomic mass is 10.2. The van der Waals surface area contributed by atoms with Crippen molar-refractivity contribution in [3.05, 3.63) is 65.2 Å². The van der Waals surface area contributed by atoms with E-state index < -0.39 is 0 Å². The summed E-state index contributed by atoms with van der Waals surface area (Å²) in [6, 6.07) is 18.0. The number of benzene rings is 2. The van der Waals surface area contributed by atoms with E-state index in [4.69, 9.17) is 0 Å². The topological polar surface area (TPSA) is 85.6 Å². The molecule has 1 amide bonds. The SMILES string of the molecule is CCc1nnc(NC(=O)CSc2nnc(-c3ccccc3)n2-c2cccc(C)c2)s1. The van der Waals surface area contributed by atoms with Gasteiger partial charge in [0.1, 0.15) is 5.01 Å². The average molecular weight is 437 g/mol. The molecule has 7 nitrogen and oxygen atoms in total. The number of aryl methyl sites for hydroxylation is 2. The molecule has 4 rings (SSSR count). The Morgan fingerprint density at radius 3 is 2.63 bits per heavy atom. The van der Waals surface area contributed by atoms with Gasteiger partial charge in [-0.15, -0.1) is 20.4 Å². The Balaban J connectivity index is 1.58. The van der Waals surface area contributed by atoms with Crippen LogP contribution in [-0.2, 0) is 11.2 Å². The number of nitrogens with zero attached hydrogens (tertiary/aromatic N) is 5. The highest BCUT2D eigenvalue weighted by Crippen LogP contribution is 2.28. The van der Waals surface area contributed by atoms with E-state index in [1.54, 1.807) is 0 Å². The van der Waals surface area contributed by atoms with E-state index in [0.717, 1.165) is 34.1 Å². The summed E-state index contributed by atoms with van der Waals surface area (Å²) in [6.45, 7) is 4.05. The first-order chi connectivity index (χ1) is 14.6.